The molecule has 3 aromatic rings. The molecule has 6 nitrogen and oxygen atoms in total. The molecule has 3 aromatic carbocycles. The number of benzene rings is 3. The van der Waals surface area contributed by atoms with Crippen molar-refractivity contribution < 1.29 is 32.6 Å². The van der Waals surface area contributed by atoms with Crippen LogP contribution >= 0.6 is 0 Å². The molecule has 0 saturated heterocycles. The van der Waals surface area contributed by atoms with Crippen LogP contribution in [-0.2, 0) is 11.2 Å². The van der Waals surface area contributed by atoms with Crippen LogP contribution in [0.4, 0.5) is 14.5 Å². The van der Waals surface area contributed by atoms with Gasteiger partial charge in [-0.05, 0) is 17.7 Å². The first-order valence-electron chi connectivity index (χ1n) is 8.96. The lowest BCUT2D eigenvalue weighted by Gasteiger charge is -2.15. The molecule has 4 rings (SSSR count). The van der Waals surface area contributed by atoms with Crippen LogP contribution in [0.25, 0.3) is 10.8 Å². The largest absolute Gasteiger partial charge is 0.495 e. The molecule has 0 aliphatic carbocycles. The van der Waals surface area contributed by atoms with Crippen molar-refractivity contribution in [1.82, 2.24) is 0 Å². The van der Waals surface area contributed by atoms with Gasteiger partial charge in [-0.15, -0.1) is 0 Å². The van der Waals surface area contributed by atoms with E-state index in [2.05, 4.69) is 0 Å². The smallest absolute Gasteiger partial charge is 0.387 e. The van der Waals surface area contributed by atoms with Crippen molar-refractivity contribution in [2.45, 2.75) is 13.0 Å². The zero-order valence-corrected chi connectivity index (χ0v) is 15.7. The first kappa shape index (κ1) is 19.5. The Morgan fingerprint density at radius 3 is 2.03 bits per heavy atom. The summed E-state index contributed by atoms with van der Waals surface area (Å²) in [4.78, 5) is 38.0. The van der Waals surface area contributed by atoms with Gasteiger partial charge in [0.1, 0.15) is 17.8 Å². The molecule has 1 aliphatic heterocycles. The Morgan fingerprint density at radius 2 is 1.50 bits per heavy atom. The second kappa shape index (κ2) is 7.55. The Morgan fingerprint density at radius 1 is 0.933 bits per heavy atom. The number of anilines is 1. The second-order valence-corrected chi connectivity index (χ2v) is 6.52. The van der Waals surface area contributed by atoms with Crippen LogP contribution in [0.1, 0.15) is 26.3 Å². The van der Waals surface area contributed by atoms with Crippen LogP contribution in [0.15, 0.2) is 48.5 Å². The molecule has 2 amide bonds. The number of hydrogen-bond acceptors (Lipinski definition) is 5. The first-order chi connectivity index (χ1) is 14.5. The topological polar surface area (TPSA) is 72.9 Å². The predicted octanol–water partition coefficient (Wildman–Crippen LogP) is 3.99. The molecule has 0 radical (unpaired) electrons. The van der Waals surface area contributed by atoms with Crippen molar-refractivity contribution in [1.29, 1.82) is 0 Å². The fourth-order valence-electron chi connectivity index (χ4n) is 3.63. The molecule has 30 heavy (non-hydrogen) atoms. The number of aldehydes is 1. The summed E-state index contributed by atoms with van der Waals surface area (Å²) in [6.07, 6.45) is 0.926. The minimum absolute atomic E-state index is 0.112. The van der Waals surface area contributed by atoms with Crippen molar-refractivity contribution in [3.8, 4) is 11.5 Å². The highest BCUT2D eigenvalue weighted by atomic mass is 19.3. The van der Waals surface area contributed by atoms with Crippen LogP contribution in [0.2, 0.25) is 0 Å². The van der Waals surface area contributed by atoms with E-state index < -0.39 is 18.4 Å². The molecule has 0 unspecified atom stereocenters. The van der Waals surface area contributed by atoms with E-state index in [1.165, 1.54) is 25.3 Å². The van der Waals surface area contributed by atoms with Crippen molar-refractivity contribution >= 4 is 34.6 Å². The summed E-state index contributed by atoms with van der Waals surface area (Å²) in [7, 11) is 1.34. The molecule has 0 fully saturated rings. The van der Waals surface area contributed by atoms with E-state index in [-0.39, 0.29) is 40.1 Å². The quantitative estimate of drug-likeness (QED) is 0.453. The van der Waals surface area contributed by atoms with E-state index in [1.54, 1.807) is 30.3 Å². The molecule has 152 valence electrons. The third-order valence-electron chi connectivity index (χ3n) is 4.88. The molecule has 0 aromatic heterocycles. The fourth-order valence-corrected chi connectivity index (χ4v) is 3.63. The standard InChI is InChI=1S/C22H15F2NO5/c1-29-18-14-4-2-3-5-15(14)19(30-22(23)24)17-16(18)20(27)25(21(17)28)13-8-6-12(7-9-13)10-11-26/h2-9,11,22H,10H2,1H3. The highest BCUT2D eigenvalue weighted by Gasteiger charge is 2.43. The van der Waals surface area contributed by atoms with Gasteiger partial charge < -0.3 is 14.3 Å². The number of amides is 2. The van der Waals surface area contributed by atoms with Gasteiger partial charge in [-0.2, -0.15) is 8.78 Å². The second-order valence-electron chi connectivity index (χ2n) is 6.52. The van der Waals surface area contributed by atoms with Gasteiger partial charge in [0.2, 0.25) is 0 Å². The lowest BCUT2D eigenvalue weighted by Crippen LogP contribution is -2.29. The molecule has 1 heterocycles. The molecule has 0 bridgehead atoms. The highest BCUT2D eigenvalue weighted by molar-refractivity contribution is 6.38. The third-order valence-corrected chi connectivity index (χ3v) is 4.88. The molecule has 1 aliphatic rings. The zero-order valence-electron chi connectivity index (χ0n) is 15.7. The van der Waals surface area contributed by atoms with E-state index in [4.69, 9.17) is 9.47 Å². The summed E-state index contributed by atoms with van der Waals surface area (Å²) < 4.78 is 36.4. The van der Waals surface area contributed by atoms with Crippen molar-refractivity contribution in [2.75, 3.05) is 12.0 Å². The number of imide groups is 1. The summed E-state index contributed by atoms with van der Waals surface area (Å²) in [5.41, 5.74) is 0.544. The Labute approximate surface area is 169 Å². The molecule has 0 saturated carbocycles. The number of halogens is 2. The number of nitrogens with zero attached hydrogens (tertiary/aromatic N) is 1. The monoisotopic (exact) mass is 411 g/mol. The van der Waals surface area contributed by atoms with Crippen molar-refractivity contribution in [3.05, 3.63) is 65.2 Å². The maximum absolute atomic E-state index is 13.2. The average Bonchev–Trinajstić information content (AvgIpc) is 2.99. The Hall–Kier alpha value is -3.81. The van der Waals surface area contributed by atoms with Gasteiger partial charge in [-0.1, -0.05) is 36.4 Å². The molecular weight excluding hydrogens is 396 g/mol. The molecule has 8 heteroatoms. The average molecular weight is 411 g/mol. The molecule has 0 spiro atoms. The fraction of sp³-hybridized carbons (Fsp3) is 0.136. The molecule has 0 N–H and O–H groups in total. The van der Waals surface area contributed by atoms with Gasteiger partial charge in [-0.25, -0.2) is 4.90 Å². The summed E-state index contributed by atoms with van der Waals surface area (Å²) in [6, 6.07) is 12.6. The van der Waals surface area contributed by atoms with Crippen LogP contribution in [-0.4, -0.2) is 31.8 Å². The van der Waals surface area contributed by atoms with Gasteiger partial charge in [-0.3, -0.25) is 9.59 Å². The first-order valence-corrected chi connectivity index (χ1v) is 8.96. The number of hydrogen-bond donors (Lipinski definition) is 0. The van der Waals surface area contributed by atoms with E-state index >= 15 is 0 Å². The number of rotatable bonds is 6. The Bertz CT molecular complexity index is 1170. The predicted molar refractivity (Wildman–Crippen MR) is 104 cm³/mol. The van der Waals surface area contributed by atoms with E-state index in [1.807, 2.05) is 0 Å². The lowest BCUT2D eigenvalue weighted by atomic mass is 9.99. The number of carbonyl (C=O) groups excluding carboxylic acids is 3. The third kappa shape index (κ3) is 2.97. The van der Waals surface area contributed by atoms with E-state index in [0.29, 0.717) is 10.9 Å². The lowest BCUT2D eigenvalue weighted by molar-refractivity contribution is -0.107. The maximum Gasteiger partial charge on any atom is 0.387 e. The maximum atomic E-state index is 13.2. The Balaban J connectivity index is 1.94. The molecular formula is C22H15F2NO5. The van der Waals surface area contributed by atoms with Gasteiger partial charge in [0.25, 0.3) is 11.8 Å². The summed E-state index contributed by atoms with van der Waals surface area (Å²) in [6.45, 7) is -3.19. The van der Waals surface area contributed by atoms with Gasteiger partial charge in [0.15, 0.2) is 0 Å². The Kier molecular flexibility index (Phi) is 4.91. The number of methoxy groups -OCH3 is 1. The minimum atomic E-state index is -3.19. The number of ether oxygens (including phenoxy) is 2. The molecule has 0 atom stereocenters. The van der Waals surface area contributed by atoms with Crippen molar-refractivity contribution in [3.63, 3.8) is 0 Å². The normalized spacial score (nSPS) is 13.1. The summed E-state index contributed by atoms with van der Waals surface area (Å²) in [5, 5.41) is 0.608. The zero-order chi connectivity index (χ0) is 21.4. The van der Waals surface area contributed by atoms with Crippen LogP contribution < -0.4 is 14.4 Å². The van der Waals surface area contributed by atoms with Gasteiger partial charge in [0, 0.05) is 17.2 Å². The van der Waals surface area contributed by atoms with E-state index in [9.17, 15) is 23.2 Å². The van der Waals surface area contributed by atoms with Gasteiger partial charge >= 0.3 is 6.61 Å². The highest BCUT2D eigenvalue weighted by Crippen LogP contribution is 2.46. The van der Waals surface area contributed by atoms with Crippen molar-refractivity contribution in [2.24, 2.45) is 0 Å². The minimum Gasteiger partial charge on any atom is -0.495 e. The number of fused-ring (bicyclic) bond motifs is 2. The summed E-state index contributed by atoms with van der Waals surface area (Å²) in [5.74, 6) is -1.76. The SMILES string of the molecule is COc1c2c(c(OC(F)F)c3ccccc13)C(=O)N(c1ccc(CC=O)cc1)C2=O. The van der Waals surface area contributed by atoms with Crippen LogP contribution in [0.5, 0.6) is 11.5 Å². The van der Waals surface area contributed by atoms with Crippen LogP contribution in [0.3, 0.4) is 0 Å². The van der Waals surface area contributed by atoms with E-state index in [0.717, 1.165) is 11.2 Å². The number of alkyl halides is 2. The number of carbonyl (C=O) groups is 3. The van der Waals surface area contributed by atoms with Gasteiger partial charge in [0.05, 0.1) is 23.9 Å². The van der Waals surface area contributed by atoms with Crippen LogP contribution in [0, 0.1) is 0 Å². The summed E-state index contributed by atoms with van der Waals surface area (Å²) >= 11 is 0.